The van der Waals surface area contributed by atoms with E-state index in [4.69, 9.17) is 9.47 Å². The van der Waals surface area contributed by atoms with Crippen LogP contribution in [0, 0.1) is 0 Å². The zero-order valence-corrected chi connectivity index (χ0v) is 10.4. The zero-order chi connectivity index (χ0) is 12.0. The highest BCUT2D eigenvalue weighted by Crippen LogP contribution is 2.09. The predicted molar refractivity (Wildman–Crippen MR) is 62.2 cm³/mol. The molecule has 0 aromatic carbocycles. The Kier molecular flexibility index (Phi) is 5.66. The van der Waals surface area contributed by atoms with Gasteiger partial charge < -0.3 is 14.4 Å². The Hall–Kier alpha value is -0.710. The summed E-state index contributed by atoms with van der Waals surface area (Å²) in [6.45, 7) is 6.16. The topological polar surface area (TPSA) is 38.8 Å². The van der Waals surface area contributed by atoms with E-state index in [9.17, 15) is 4.79 Å². The lowest BCUT2D eigenvalue weighted by Crippen LogP contribution is -2.30. The van der Waals surface area contributed by atoms with Crippen LogP contribution in [-0.4, -0.2) is 50.3 Å². The van der Waals surface area contributed by atoms with E-state index in [1.165, 1.54) is 0 Å². The summed E-state index contributed by atoms with van der Waals surface area (Å²) in [6, 6.07) is 0. The van der Waals surface area contributed by atoms with Crippen LogP contribution in [0.4, 0.5) is 0 Å². The molecule has 4 heteroatoms. The number of carbonyl (C=O) groups excluding carboxylic acids is 1. The van der Waals surface area contributed by atoms with E-state index in [2.05, 4.69) is 4.90 Å². The molecule has 0 bridgehead atoms. The molecule has 0 saturated heterocycles. The summed E-state index contributed by atoms with van der Waals surface area (Å²) in [5.41, 5.74) is 0.859. The molecule has 1 atom stereocenters. The van der Waals surface area contributed by atoms with Gasteiger partial charge in [0.25, 0.3) is 0 Å². The van der Waals surface area contributed by atoms with Gasteiger partial charge in [-0.15, -0.1) is 0 Å². The molecule has 1 unspecified atom stereocenters. The molecule has 0 amide bonds. The lowest BCUT2D eigenvalue weighted by molar-refractivity contribution is -0.145. The largest absolute Gasteiger partial charge is 0.353 e. The first-order valence-corrected chi connectivity index (χ1v) is 5.77. The number of nitrogens with zero attached hydrogens (tertiary/aromatic N) is 1. The number of ketones is 1. The van der Waals surface area contributed by atoms with Crippen molar-refractivity contribution in [2.45, 2.75) is 26.6 Å². The van der Waals surface area contributed by atoms with Crippen LogP contribution in [0.3, 0.4) is 0 Å². The van der Waals surface area contributed by atoms with Crippen molar-refractivity contribution >= 4 is 5.78 Å². The molecule has 4 nitrogen and oxygen atoms in total. The quantitative estimate of drug-likeness (QED) is 0.639. The van der Waals surface area contributed by atoms with Gasteiger partial charge in [0.15, 0.2) is 12.1 Å². The lowest BCUT2D eigenvalue weighted by atomic mass is 10.1. The summed E-state index contributed by atoms with van der Waals surface area (Å²) >= 11 is 0. The summed E-state index contributed by atoms with van der Waals surface area (Å²) in [5.74, 6) is 0.0677. The van der Waals surface area contributed by atoms with Crippen LogP contribution in [0.25, 0.3) is 0 Å². The summed E-state index contributed by atoms with van der Waals surface area (Å²) in [5, 5.41) is 0. The Morgan fingerprint density at radius 3 is 2.94 bits per heavy atom. The maximum Gasteiger partial charge on any atom is 0.185 e. The molecule has 0 radical (unpaired) electrons. The fraction of sp³-hybridized carbons (Fsp3) is 0.750. The maximum atomic E-state index is 11.8. The first-order chi connectivity index (χ1) is 7.63. The minimum atomic E-state index is -0.309. The SMILES string of the molecule is CCOC(C)OCC(=O)C1=CCCN(C)C1. The molecule has 1 aliphatic rings. The van der Waals surface area contributed by atoms with Gasteiger partial charge >= 0.3 is 0 Å². The van der Waals surface area contributed by atoms with E-state index in [1.807, 2.05) is 20.0 Å². The normalized spacial score (nSPS) is 19.3. The van der Waals surface area contributed by atoms with Gasteiger partial charge in [0, 0.05) is 25.3 Å². The van der Waals surface area contributed by atoms with Crippen LogP contribution in [-0.2, 0) is 14.3 Å². The predicted octanol–water partition coefficient (Wildman–Crippen LogP) is 1.22. The van der Waals surface area contributed by atoms with Crippen molar-refractivity contribution in [1.82, 2.24) is 4.90 Å². The number of hydrogen-bond acceptors (Lipinski definition) is 4. The molecule has 0 aliphatic carbocycles. The fourth-order valence-corrected chi connectivity index (χ4v) is 1.66. The molecule has 0 fully saturated rings. The van der Waals surface area contributed by atoms with Crippen molar-refractivity contribution < 1.29 is 14.3 Å². The zero-order valence-electron chi connectivity index (χ0n) is 10.4. The van der Waals surface area contributed by atoms with Crippen LogP contribution >= 0.6 is 0 Å². The second-order valence-corrected chi connectivity index (χ2v) is 4.01. The van der Waals surface area contributed by atoms with Crippen molar-refractivity contribution in [3.05, 3.63) is 11.6 Å². The van der Waals surface area contributed by atoms with E-state index in [1.54, 1.807) is 6.92 Å². The van der Waals surface area contributed by atoms with Gasteiger partial charge in [-0.2, -0.15) is 0 Å². The van der Waals surface area contributed by atoms with Gasteiger partial charge in [0.1, 0.15) is 6.61 Å². The van der Waals surface area contributed by atoms with Crippen LogP contribution < -0.4 is 0 Å². The lowest BCUT2D eigenvalue weighted by Gasteiger charge is -2.22. The number of rotatable bonds is 6. The third kappa shape index (κ3) is 4.43. The number of ether oxygens (including phenoxy) is 2. The van der Waals surface area contributed by atoms with Gasteiger partial charge in [-0.25, -0.2) is 0 Å². The van der Waals surface area contributed by atoms with Crippen molar-refractivity contribution in [2.24, 2.45) is 0 Å². The van der Waals surface area contributed by atoms with E-state index >= 15 is 0 Å². The molecule has 1 rings (SSSR count). The molecule has 0 aromatic rings. The third-order valence-electron chi connectivity index (χ3n) is 2.55. The van der Waals surface area contributed by atoms with Crippen LogP contribution in [0.5, 0.6) is 0 Å². The first kappa shape index (κ1) is 13.4. The maximum absolute atomic E-state index is 11.8. The number of hydrogen-bond donors (Lipinski definition) is 0. The third-order valence-corrected chi connectivity index (χ3v) is 2.55. The summed E-state index contributed by atoms with van der Waals surface area (Å²) < 4.78 is 10.5. The highest BCUT2D eigenvalue weighted by molar-refractivity contribution is 5.96. The monoisotopic (exact) mass is 227 g/mol. The van der Waals surface area contributed by atoms with Gasteiger partial charge in [0.2, 0.25) is 0 Å². The van der Waals surface area contributed by atoms with Gasteiger partial charge in [-0.3, -0.25) is 4.79 Å². The van der Waals surface area contributed by atoms with Crippen LogP contribution in [0.1, 0.15) is 20.3 Å². The smallest absolute Gasteiger partial charge is 0.185 e. The van der Waals surface area contributed by atoms with E-state index in [-0.39, 0.29) is 18.7 Å². The van der Waals surface area contributed by atoms with E-state index in [0.29, 0.717) is 6.61 Å². The second-order valence-electron chi connectivity index (χ2n) is 4.01. The van der Waals surface area contributed by atoms with E-state index in [0.717, 1.165) is 25.1 Å². The average Bonchev–Trinajstić information content (AvgIpc) is 2.26. The Balaban J connectivity index is 2.32. The Morgan fingerprint density at radius 1 is 1.56 bits per heavy atom. The average molecular weight is 227 g/mol. The molecule has 1 heterocycles. The highest BCUT2D eigenvalue weighted by atomic mass is 16.7. The Morgan fingerprint density at radius 2 is 2.31 bits per heavy atom. The molecule has 92 valence electrons. The van der Waals surface area contributed by atoms with Gasteiger partial charge in [-0.05, 0) is 27.3 Å². The van der Waals surface area contributed by atoms with Gasteiger partial charge in [0.05, 0.1) is 0 Å². The second kappa shape index (κ2) is 6.78. The first-order valence-electron chi connectivity index (χ1n) is 5.77. The fourth-order valence-electron chi connectivity index (χ4n) is 1.66. The van der Waals surface area contributed by atoms with Crippen molar-refractivity contribution in [3.63, 3.8) is 0 Å². The number of carbonyl (C=O) groups is 1. The van der Waals surface area contributed by atoms with Crippen LogP contribution in [0.15, 0.2) is 11.6 Å². The summed E-state index contributed by atoms with van der Waals surface area (Å²) in [6.07, 6.45) is 2.64. The Labute approximate surface area is 97.2 Å². The molecule has 1 aliphatic heterocycles. The molecule has 16 heavy (non-hydrogen) atoms. The summed E-state index contributed by atoms with van der Waals surface area (Å²) in [4.78, 5) is 13.9. The minimum Gasteiger partial charge on any atom is -0.353 e. The van der Waals surface area contributed by atoms with Crippen LogP contribution in [0.2, 0.25) is 0 Å². The van der Waals surface area contributed by atoms with Crippen molar-refractivity contribution in [2.75, 3.05) is 33.4 Å². The van der Waals surface area contributed by atoms with E-state index < -0.39 is 0 Å². The highest BCUT2D eigenvalue weighted by Gasteiger charge is 2.16. The molecule has 0 saturated carbocycles. The number of Topliss-reactive ketones (excluding diaryl/α,β-unsaturated/α-hetero) is 1. The molecular formula is C12H21NO3. The van der Waals surface area contributed by atoms with Gasteiger partial charge in [-0.1, -0.05) is 6.08 Å². The van der Waals surface area contributed by atoms with Crippen molar-refractivity contribution in [1.29, 1.82) is 0 Å². The molecule has 0 N–H and O–H groups in total. The molecular weight excluding hydrogens is 206 g/mol. The number of likely N-dealkylation sites (N-methyl/N-ethyl adjacent to an activating group) is 1. The standard InChI is InChI=1S/C12H21NO3/c1-4-15-10(2)16-9-12(14)11-6-5-7-13(3)8-11/h6,10H,4-5,7-9H2,1-3H3. The van der Waals surface area contributed by atoms with Crippen molar-refractivity contribution in [3.8, 4) is 0 Å². The Bertz CT molecular complexity index is 263. The minimum absolute atomic E-state index is 0.0677. The molecule has 0 spiro atoms. The summed E-state index contributed by atoms with van der Waals surface area (Å²) in [7, 11) is 2.02. The molecule has 0 aromatic heterocycles.